The third-order valence-corrected chi connectivity index (χ3v) is 5.46. The smallest absolute Gasteiger partial charge is 0.331 e. The molecule has 1 aromatic heterocycles. The Kier molecular flexibility index (Phi) is 7.60. The molecule has 0 bridgehead atoms. The first-order valence-electron chi connectivity index (χ1n) is 11.0. The highest BCUT2D eigenvalue weighted by Gasteiger charge is 2.16. The van der Waals surface area contributed by atoms with E-state index in [0.717, 1.165) is 16.7 Å². The first-order valence-corrected chi connectivity index (χ1v) is 11.0. The highest BCUT2D eigenvalue weighted by atomic mass is 19.1. The lowest BCUT2D eigenvalue weighted by Crippen LogP contribution is -2.39. The Morgan fingerprint density at radius 1 is 1.00 bits per heavy atom. The SMILES string of the molecule is CCn1c(=O)c2cc(NC(=O)CC(C)CNC(=O)c3ccc(F)cc3F)ccc2n(CC)c1=O. The highest BCUT2D eigenvalue weighted by Crippen LogP contribution is 2.17. The second kappa shape index (κ2) is 10.4. The Bertz CT molecular complexity index is 1360. The number of halogens is 2. The van der Waals surface area contributed by atoms with Crippen molar-refractivity contribution in [2.75, 3.05) is 11.9 Å². The first-order chi connectivity index (χ1) is 16.2. The molecule has 10 heteroatoms. The van der Waals surface area contributed by atoms with Crippen molar-refractivity contribution in [1.29, 1.82) is 0 Å². The number of benzene rings is 2. The number of nitrogens with zero attached hydrogens (tertiary/aromatic N) is 2. The summed E-state index contributed by atoms with van der Waals surface area (Å²) in [4.78, 5) is 49.8. The molecule has 8 nitrogen and oxygen atoms in total. The van der Waals surface area contributed by atoms with Gasteiger partial charge in [-0.25, -0.2) is 13.6 Å². The molecule has 1 heterocycles. The van der Waals surface area contributed by atoms with E-state index in [1.807, 2.05) is 6.92 Å². The minimum atomic E-state index is -0.963. The number of carbonyl (C=O) groups excluding carboxylic acids is 2. The normalized spacial score (nSPS) is 11.9. The van der Waals surface area contributed by atoms with Gasteiger partial charge in [-0.3, -0.25) is 23.5 Å². The largest absolute Gasteiger partial charge is 0.352 e. The molecule has 1 atom stereocenters. The van der Waals surface area contributed by atoms with Gasteiger partial charge < -0.3 is 10.6 Å². The molecule has 0 aliphatic rings. The molecule has 3 rings (SSSR count). The van der Waals surface area contributed by atoms with Gasteiger partial charge in [0.25, 0.3) is 11.5 Å². The molecule has 180 valence electrons. The summed E-state index contributed by atoms with van der Waals surface area (Å²) in [6, 6.07) is 7.46. The second-order valence-electron chi connectivity index (χ2n) is 8.00. The molecule has 0 fully saturated rings. The van der Waals surface area contributed by atoms with Gasteiger partial charge in [0, 0.05) is 37.8 Å². The summed E-state index contributed by atoms with van der Waals surface area (Å²) >= 11 is 0. The molecular weight excluding hydrogens is 446 g/mol. The van der Waals surface area contributed by atoms with E-state index >= 15 is 0 Å². The number of carbonyl (C=O) groups is 2. The molecule has 34 heavy (non-hydrogen) atoms. The van der Waals surface area contributed by atoms with Crippen LogP contribution < -0.4 is 21.9 Å². The maximum atomic E-state index is 13.7. The number of aryl methyl sites for hydroxylation is 1. The molecular formula is C24H26F2N4O4. The van der Waals surface area contributed by atoms with Crippen molar-refractivity contribution in [3.05, 3.63) is 74.4 Å². The Labute approximate surface area is 194 Å². The Balaban J connectivity index is 1.67. The number of rotatable bonds is 8. The van der Waals surface area contributed by atoms with Crippen molar-refractivity contribution in [1.82, 2.24) is 14.5 Å². The van der Waals surface area contributed by atoms with Crippen molar-refractivity contribution in [2.24, 2.45) is 5.92 Å². The number of fused-ring (bicyclic) bond motifs is 1. The summed E-state index contributed by atoms with van der Waals surface area (Å²) in [5.41, 5.74) is -0.187. The number of nitrogens with one attached hydrogen (secondary N) is 2. The van der Waals surface area contributed by atoms with Gasteiger partial charge in [0.15, 0.2) is 0 Å². The predicted molar refractivity (Wildman–Crippen MR) is 125 cm³/mol. The second-order valence-corrected chi connectivity index (χ2v) is 8.00. The van der Waals surface area contributed by atoms with Gasteiger partial charge in [-0.05, 0) is 50.1 Å². The Morgan fingerprint density at radius 2 is 1.71 bits per heavy atom. The molecule has 0 aliphatic carbocycles. The molecule has 0 spiro atoms. The van der Waals surface area contributed by atoms with Crippen molar-refractivity contribution >= 4 is 28.4 Å². The standard InChI is InChI=1S/C24H26F2N4O4/c1-4-29-20-9-7-16(12-18(20)23(33)30(5-2)24(29)34)28-21(31)10-14(3)13-27-22(32)17-8-6-15(25)11-19(17)26/h6-9,11-12,14H,4-5,10,13H2,1-3H3,(H,27,32)(H,28,31). The van der Waals surface area contributed by atoms with Crippen LogP contribution in [0.5, 0.6) is 0 Å². The number of amides is 2. The third kappa shape index (κ3) is 5.22. The molecule has 2 aromatic carbocycles. The molecule has 0 aliphatic heterocycles. The summed E-state index contributed by atoms with van der Waals surface area (Å²) in [6.07, 6.45) is 0.0534. The molecule has 0 saturated heterocycles. The van der Waals surface area contributed by atoms with E-state index in [1.54, 1.807) is 26.0 Å². The Morgan fingerprint density at radius 3 is 2.35 bits per heavy atom. The summed E-state index contributed by atoms with van der Waals surface area (Å²) in [6.45, 7) is 5.99. The van der Waals surface area contributed by atoms with Crippen LogP contribution in [-0.4, -0.2) is 27.5 Å². The fourth-order valence-electron chi connectivity index (χ4n) is 3.72. The lowest BCUT2D eigenvalue weighted by molar-refractivity contribution is -0.116. The van der Waals surface area contributed by atoms with Gasteiger partial charge in [-0.1, -0.05) is 6.92 Å². The average molecular weight is 472 g/mol. The van der Waals surface area contributed by atoms with E-state index in [0.29, 0.717) is 29.2 Å². The van der Waals surface area contributed by atoms with Crippen LogP contribution in [0.2, 0.25) is 0 Å². The van der Waals surface area contributed by atoms with Crippen LogP contribution in [0.1, 0.15) is 37.6 Å². The number of aromatic nitrogens is 2. The summed E-state index contributed by atoms with van der Waals surface area (Å²) in [5.74, 6) is -3.06. The van der Waals surface area contributed by atoms with E-state index < -0.39 is 23.1 Å². The van der Waals surface area contributed by atoms with Crippen LogP contribution in [0.4, 0.5) is 14.5 Å². The lowest BCUT2D eigenvalue weighted by atomic mass is 10.1. The van der Waals surface area contributed by atoms with Crippen LogP contribution in [0.25, 0.3) is 10.9 Å². The molecule has 1 unspecified atom stereocenters. The summed E-state index contributed by atoms with van der Waals surface area (Å²) in [7, 11) is 0. The highest BCUT2D eigenvalue weighted by molar-refractivity contribution is 5.95. The van der Waals surface area contributed by atoms with Gasteiger partial charge >= 0.3 is 5.69 Å². The van der Waals surface area contributed by atoms with Crippen LogP contribution >= 0.6 is 0 Å². The van der Waals surface area contributed by atoms with Gasteiger partial charge in [-0.2, -0.15) is 0 Å². The van der Waals surface area contributed by atoms with E-state index in [9.17, 15) is 28.0 Å². The average Bonchev–Trinajstić information content (AvgIpc) is 2.78. The molecule has 0 saturated carbocycles. The summed E-state index contributed by atoms with van der Waals surface area (Å²) in [5, 5.41) is 5.58. The zero-order valence-corrected chi connectivity index (χ0v) is 19.2. The van der Waals surface area contributed by atoms with Gasteiger partial charge in [0.05, 0.1) is 16.5 Å². The van der Waals surface area contributed by atoms with Crippen LogP contribution in [0.3, 0.4) is 0 Å². The van der Waals surface area contributed by atoms with Gasteiger partial charge in [-0.15, -0.1) is 0 Å². The van der Waals surface area contributed by atoms with Crippen molar-refractivity contribution < 1.29 is 18.4 Å². The molecule has 2 amide bonds. The maximum absolute atomic E-state index is 13.7. The molecule has 0 radical (unpaired) electrons. The van der Waals surface area contributed by atoms with E-state index in [1.165, 1.54) is 10.6 Å². The third-order valence-electron chi connectivity index (χ3n) is 5.46. The quantitative estimate of drug-likeness (QED) is 0.526. The van der Waals surface area contributed by atoms with Gasteiger partial charge in [0.2, 0.25) is 5.91 Å². The van der Waals surface area contributed by atoms with E-state index in [2.05, 4.69) is 10.6 Å². The fraction of sp³-hybridized carbons (Fsp3) is 0.333. The number of anilines is 1. The topological polar surface area (TPSA) is 102 Å². The molecule has 2 N–H and O–H groups in total. The van der Waals surface area contributed by atoms with Crippen LogP contribution in [-0.2, 0) is 17.9 Å². The van der Waals surface area contributed by atoms with Crippen molar-refractivity contribution in [2.45, 2.75) is 40.3 Å². The van der Waals surface area contributed by atoms with E-state index in [-0.39, 0.29) is 42.6 Å². The predicted octanol–water partition coefficient (Wildman–Crippen LogP) is 2.88. The van der Waals surface area contributed by atoms with Crippen molar-refractivity contribution in [3.63, 3.8) is 0 Å². The first kappa shape index (κ1) is 24.8. The minimum absolute atomic E-state index is 0.0534. The zero-order valence-electron chi connectivity index (χ0n) is 19.2. The zero-order chi connectivity index (χ0) is 25.0. The monoisotopic (exact) mass is 472 g/mol. The Hall–Kier alpha value is -3.82. The van der Waals surface area contributed by atoms with E-state index in [4.69, 9.17) is 0 Å². The minimum Gasteiger partial charge on any atom is -0.352 e. The fourth-order valence-corrected chi connectivity index (χ4v) is 3.72. The van der Waals surface area contributed by atoms with Gasteiger partial charge in [0.1, 0.15) is 11.6 Å². The van der Waals surface area contributed by atoms with Crippen molar-refractivity contribution in [3.8, 4) is 0 Å². The van der Waals surface area contributed by atoms with Crippen LogP contribution in [0.15, 0.2) is 46.0 Å². The number of hydrogen-bond donors (Lipinski definition) is 2. The molecule has 3 aromatic rings. The summed E-state index contributed by atoms with van der Waals surface area (Å²) < 4.78 is 29.4. The lowest BCUT2D eigenvalue weighted by Gasteiger charge is -2.15. The number of hydrogen-bond acceptors (Lipinski definition) is 4. The maximum Gasteiger partial charge on any atom is 0.331 e. The van der Waals surface area contributed by atoms with Crippen LogP contribution in [0, 0.1) is 17.6 Å².